The molecule has 3 aromatic heterocycles. The molecule has 2 aliphatic rings. The molecular formula is C26H32F3N7O. The molecule has 5 rings (SSSR count). The minimum Gasteiger partial charge on any atom is -0.324 e. The number of pyridine rings is 1. The molecule has 0 amide bonds. The number of halogens is 3. The van der Waals surface area contributed by atoms with E-state index in [4.69, 9.17) is 10.7 Å². The molecule has 0 aromatic carbocycles. The number of rotatable bonds is 4. The Morgan fingerprint density at radius 2 is 1.97 bits per heavy atom. The third-order valence-electron chi connectivity index (χ3n) is 7.00. The van der Waals surface area contributed by atoms with Crippen molar-refractivity contribution in [3.8, 4) is 0 Å². The predicted molar refractivity (Wildman–Crippen MR) is 135 cm³/mol. The molecule has 1 aliphatic carbocycles. The summed E-state index contributed by atoms with van der Waals surface area (Å²) >= 11 is 0. The Kier molecular flexibility index (Phi) is 6.18. The van der Waals surface area contributed by atoms with Crippen molar-refractivity contribution < 1.29 is 13.2 Å². The fourth-order valence-corrected chi connectivity index (χ4v) is 5.24. The van der Waals surface area contributed by atoms with E-state index < -0.39 is 11.9 Å². The van der Waals surface area contributed by atoms with Crippen molar-refractivity contribution in [3.05, 3.63) is 69.1 Å². The fraction of sp³-hybridized carbons (Fsp3) is 0.500. The van der Waals surface area contributed by atoms with E-state index in [-0.39, 0.29) is 28.6 Å². The number of H-pyrrole nitrogens is 1. The Balaban J connectivity index is 1.38. The second-order valence-corrected chi connectivity index (χ2v) is 11.3. The maximum absolute atomic E-state index is 13.2. The topological polar surface area (TPSA) is 97.8 Å². The van der Waals surface area contributed by atoms with E-state index >= 15 is 0 Å². The number of fused-ring (bicyclic) bond motifs is 2. The highest BCUT2D eigenvalue weighted by Crippen LogP contribution is 2.34. The number of alkyl halides is 3. The van der Waals surface area contributed by atoms with Crippen LogP contribution in [0, 0.1) is 5.41 Å². The Bertz CT molecular complexity index is 1450. The highest BCUT2D eigenvalue weighted by molar-refractivity contribution is 5.72. The van der Waals surface area contributed by atoms with E-state index in [0.29, 0.717) is 43.9 Å². The summed E-state index contributed by atoms with van der Waals surface area (Å²) in [4.78, 5) is 19.8. The van der Waals surface area contributed by atoms with Crippen molar-refractivity contribution in [2.45, 2.75) is 58.4 Å². The molecule has 0 spiro atoms. The Morgan fingerprint density at radius 1 is 1.22 bits per heavy atom. The number of nitrogens with two attached hydrogens (primary N) is 1. The molecule has 198 valence electrons. The van der Waals surface area contributed by atoms with E-state index in [9.17, 15) is 18.0 Å². The SMILES string of the molecule is Cn1c(=O)n(CC(C)(C)C)c2ccc(C3C=C(CN4CCc5c(C(F)(F)F)n[nH]c5C4)C=CC3N)nc21. The van der Waals surface area contributed by atoms with E-state index in [2.05, 4.69) is 41.9 Å². The first kappa shape index (κ1) is 25.5. The quantitative estimate of drug-likeness (QED) is 0.555. The molecule has 8 nitrogen and oxygen atoms in total. The molecule has 2 unspecified atom stereocenters. The van der Waals surface area contributed by atoms with Crippen molar-refractivity contribution >= 4 is 11.2 Å². The average molecular weight is 516 g/mol. The van der Waals surface area contributed by atoms with Crippen LogP contribution in [0.1, 0.15) is 49.3 Å². The highest BCUT2D eigenvalue weighted by Gasteiger charge is 2.39. The lowest BCUT2D eigenvalue weighted by Crippen LogP contribution is -2.34. The number of imidazole rings is 1. The van der Waals surface area contributed by atoms with Crippen molar-refractivity contribution in [3.63, 3.8) is 0 Å². The number of aryl methyl sites for hydroxylation is 1. The molecule has 0 saturated carbocycles. The first-order valence-electron chi connectivity index (χ1n) is 12.4. The molecule has 4 heterocycles. The van der Waals surface area contributed by atoms with E-state index in [1.165, 1.54) is 0 Å². The van der Waals surface area contributed by atoms with Gasteiger partial charge in [0.15, 0.2) is 11.3 Å². The zero-order valence-electron chi connectivity index (χ0n) is 21.4. The molecule has 2 atom stereocenters. The van der Waals surface area contributed by atoms with Gasteiger partial charge in [0.1, 0.15) is 0 Å². The van der Waals surface area contributed by atoms with Gasteiger partial charge in [-0.15, -0.1) is 0 Å². The number of aromatic nitrogens is 5. The largest absolute Gasteiger partial charge is 0.435 e. The lowest BCUT2D eigenvalue weighted by molar-refractivity contribution is -0.141. The zero-order valence-corrected chi connectivity index (χ0v) is 21.4. The summed E-state index contributed by atoms with van der Waals surface area (Å²) in [6.07, 6.45) is 1.82. The van der Waals surface area contributed by atoms with Gasteiger partial charge < -0.3 is 5.73 Å². The predicted octanol–water partition coefficient (Wildman–Crippen LogP) is 3.49. The van der Waals surface area contributed by atoms with Crippen LogP contribution in [-0.4, -0.2) is 48.3 Å². The van der Waals surface area contributed by atoms with Crippen LogP contribution in [0.15, 0.2) is 40.7 Å². The first-order valence-corrected chi connectivity index (χ1v) is 12.4. The lowest BCUT2D eigenvalue weighted by atomic mass is 9.88. The first-order chi connectivity index (χ1) is 17.3. The number of aromatic amines is 1. The highest BCUT2D eigenvalue weighted by atomic mass is 19.4. The molecular weight excluding hydrogens is 483 g/mol. The summed E-state index contributed by atoms with van der Waals surface area (Å²) in [5.41, 5.74) is 9.44. The van der Waals surface area contributed by atoms with Crippen LogP contribution in [0.25, 0.3) is 11.2 Å². The molecule has 3 N–H and O–H groups in total. The Morgan fingerprint density at radius 3 is 2.68 bits per heavy atom. The summed E-state index contributed by atoms with van der Waals surface area (Å²) in [7, 11) is 1.73. The summed E-state index contributed by atoms with van der Waals surface area (Å²) in [6, 6.07) is 3.58. The molecule has 11 heteroatoms. The van der Waals surface area contributed by atoms with Crippen LogP contribution in [0.3, 0.4) is 0 Å². The van der Waals surface area contributed by atoms with Crippen LogP contribution in [0.5, 0.6) is 0 Å². The maximum atomic E-state index is 13.2. The molecule has 0 bridgehead atoms. The van der Waals surface area contributed by atoms with E-state index in [0.717, 1.165) is 16.8 Å². The van der Waals surface area contributed by atoms with E-state index in [1.54, 1.807) is 16.2 Å². The molecule has 0 saturated heterocycles. The van der Waals surface area contributed by atoms with Gasteiger partial charge in [0, 0.05) is 50.7 Å². The van der Waals surface area contributed by atoms with Crippen LogP contribution in [0.4, 0.5) is 13.2 Å². The standard InChI is InChI=1S/C26H32F3N7O/c1-25(2,3)14-36-21-8-7-19(31-23(21)34(4)24(36)37)17-11-15(5-6-18(17)30)12-35-10-9-16-20(13-35)32-33-22(16)26(27,28)29/h5-8,11,17-18H,9-10,12-14,30H2,1-4H3,(H,32,33). The van der Waals surface area contributed by atoms with Crippen molar-refractivity contribution in [2.75, 3.05) is 13.1 Å². The van der Waals surface area contributed by atoms with Gasteiger partial charge in [0.2, 0.25) is 0 Å². The zero-order chi connectivity index (χ0) is 26.7. The summed E-state index contributed by atoms with van der Waals surface area (Å²) in [5, 5.41) is 6.09. The summed E-state index contributed by atoms with van der Waals surface area (Å²) in [6.45, 7) is 8.29. The smallest absolute Gasteiger partial charge is 0.324 e. The van der Waals surface area contributed by atoms with Gasteiger partial charge in [-0.05, 0) is 29.5 Å². The number of hydrogen-bond acceptors (Lipinski definition) is 5. The number of hydrogen-bond donors (Lipinski definition) is 2. The average Bonchev–Trinajstić information content (AvgIpc) is 3.34. The van der Waals surface area contributed by atoms with Crippen LogP contribution in [0.2, 0.25) is 0 Å². The summed E-state index contributed by atoms with van der Waals surface area (Å²) < 4.78 is 42.9. The normalized spacial score (nSPS) is 20.9. The molecule has 0 fully saturated rings. The van der Waals surface area contributed by atoms with Gasteiger partial charge in [0.25, 0.3) is 0 Å². The monoisotopic (exact) mass is 515 g/mol. The van der Waals surface area contributed by atoms with Crippen molar-refractivity contribution in [1.82, 2.24) is 29.2 Å². The number of nitrogens with zero attached hydrogens (tertiary/aromatic N) is 5. The van der Waals surface area contributed by atoms with Gasteiger partial charge in [0.05, 0.1) is 16.9 Å². The fourth-order valence-electron chi connectivity index (χ4n) is 5.24. The van der Waals surface area contributed by atoms with Crippen LogP contribution in [-0.2, 0) is 32.7 Å². The van der Waals surface area contributed by atoms with Gasteiger partial charge in [-0.1, -0.05) is 39.0 Å². The second kappa shape index (κ2) is 8.98. The Labute approximate surface area is 212 Å². The third-order valence-corrected chi connectivity index (χ3v) is 7.00. The molecule has 0 radical (unpaired) electrons. The maximum Gasteiger partial charge on any atom is 0.435 e. The summed E-state index contributed by atoms with van der Waals surface area (Å²) in [5.74, 6) is -0.185. The van der Waals surface area contributed by atoms with Crippen molar-refractivity contribution in [2.24, 2.45) is 18.2 Å². The third kappa shape index (κ3) is 4.89. The van der Waals surface area contributed by atoms with Crippen molar-refractivity contribution in [1.29, 1.82) is 0 Å². The van der Waals surface area contributed by atoms with Crippen LogP contribution < -0.4 is 11.4 Å². The molecule has 37 heavy (non-hydrogen) atoms. The van der Waals surface area contributed by atoms with Crippen LogP contribution >= 0.6 is 0 Å². The van der Waals surface area contributed by atoms with E-state index in [1.807, 2.05) is 24.3 Å². The van der Waals surface area contributed by atoms with Gasteiger partial charge >= 0.3 is 11.9 Å². The number of nitrogens with one attached hydrogen (secondary N) is 1. The molecule has 3 aromatic rings. The van der Waals surface area contributed by atoms with Gasteiger partial charge in [-0.3, -0.25) is 19.1 Å². The Hall–Kier alpha value is -3.18. The minimum atomic E-state index is -4.45. The lowest BCUT2D eigenvalue weighted by Gasteiger charge is -2.29. The van der Waals surface area contributed by atoms with Gasteiger partial charge in [-0.25, -0.2) is 9.78 Å². The second-order valence-electron chi connectivity index (χ2n) is 11.3. The minimum absolute atomic E-state index is 0.0648. The van der Waals surface area contributed by atoms with Gasteiger partial charge in [-0.2, -0.15) is 18.3 Å². The molecule has 1 aliphatic heterocycles.